The molecule has 0 atom stereocenters. The minimum Gasteiger partial charge on any atom is -0.285 e. The topological polar surface area (TPSA) is 12.4 Å². The maximum absolute atomic E-state index is 3.92. The second-order valence-electron chi connectivity index (χ2n) is 0.882. The molecule has 0 aromatic rings. The standard InChI is InChI=1S/C3H5NS.Sc/c1-2-5-3-4-1;/h3H,1-2H2;. The van der Waals surface area contributed by atoms with Gasteiger partial charge in [0.15, 0.2) is 0 Å². The Morgan fingerprint density at radius 3 is 2.67 bits per heavy atom. The van der Waals surface area contributed by atoms with E-state index in [9.17, 15) is 0 Å². The predicted octanol–water partition coefficient (Wildman–Crippen LogP) is 0.759. The maximum Gasteiger partial charge on any atom is 0.0542 e. The number of nitrogens with zero attached hydrogens (tertiary/aromatic N) is 1. The van der Waals surface area contributed by atoms with Crippen molar-refractivity contribution in [3.63, 3.8) is 0 Å². The van der Waals surface area contributed by atoms with Crippen molar-refractivity contribution in [1.82, 2.24) is 0 Å². The van der Waals surface area contributed by atoms with Crippen LogP contribution in [-0.2, 0) is 25.8 Å². The molecule has 0 saturated carbocycles. The quantitative estimate of drug-likeness (QED) is 0.474. The zero-order valence-electron chi connectivity index (χ0n) is 3.42. The van der Waals surface area contributed by atoms with Crippen LogP contribution in [0.1, 0.15) is 0 Å². The van der Waals surface area contributed by atoms with E-state index in [1.54, 1.807) is 11.8 Å². The number of aliphatic imine (C=N–C) groups is 1. The van der Waals surface area contributed by atoms with Crippen molar-refractivity contribution in [2.75, 3.05) is 12.3 Å². The van der Waals surface area contributed by atoms with Crippen molar-refractivity contribution in [3.8, 4) is 0 Å². The van der Waals surface area contributed by atoms with E-state index in [0.29, 0.717) is 0 Å². The van der Waals surface area contributed by atoms with Crippen LogP contribution in [0.15, 0.2) is 4.99 Å². The van der Waals surface area contributed by atoms with Crippen LogP contribution in [-0.4, -0.2) is 17.8 Å². The summed E-state index contributed by atoms with van der Waals surface area (Å²) in [6, 6.07) is 0. The van der Waals surface area contributed by atoms with Gasteiger partial charge < -0.3 is 0 Å². The van der Waals surface area contributed by atoms with Crippen LogP contribution in [0.2, 0.25) is 0 Å². The van der Waals surface area contributed by atoms with Gasteiger partial charge in [-0.3, -0.25) is 4.99 Å². The molecular formula is C3H5NSSc. The predicted molar refractivity (Wildman–Crippen MR) is 25.8 cm³/mol. The molecule has 3 heteroatoms. The van der Waals surface area contributed by atoms with Crippen LogP contribution < -0.4 is 0 Å². The van der Waals surface area contributed by atoms with Crippen LogP contribution in [0.4, 0.5) is 0 Å². The van der Waals surface area contributed by atoms with Crippen molar-refractivity contribution in [2.24, 2.45) is 4.99 Å². The first-order chi connectivity index (χ1) is 2.50. The fraction of sp³-hybridized carbons (Fsp3) is 0.667. The van der Waals surface area contributed by atoms with Gasteiger partial charge in [0.2, 0.25) is 0 Å². The van der Waals surface area contributed by atoms with E-state index in [0.717, 1.165) is 6.54 Å². The molecular weight excluding hydrogens is 127 g/mol. The first kappa shape index (κ1) is 6.89. The van der Waals surface area contributed by atoms with Gasteiger partial charge in [-0.1, -0.05) is 0 Å². The first-order valence-electron chi connectivity index (χ1n) is 1.60. The zero-order chi connectivity index (χ0) is 3.54. The number of hydrogen-bond donors (Lipinski definition) is 0. The number of thioether (sulfide) groups is 1. The third kappa shape index (κ3) is 2.13. The second kappa shape index (κ2) is 4.06. The molecule has 6 heavy (non-hydrogen) atoms. The minimum atomic E-state index is 0. The molecule has 0 saturated heterocycles. The van der Waals surface area contributed by atoms with E-state index >= 15 is 0 Å². The Hall–Kier alpha value is 0.890. The molecule has 1 aliphatic heterocycles. The Morgan fingerprint density at radius 1 is 1.67 bits per heavy atom. The first-order valence-corrected chi connectivity index (χ1v) is 2.65. The molecule has 0 spiro atoms. The van der Waals surface area contributed by atoms with Gasteiger partial charge in [-0.15, -0.1) is 11.8 Å². The van der Waals surface area contributed by atoms with E-state index in [2.05, 4.69) is 4.99 Å². The van der Waals surface area contributed by atoms with E-state index in [-0.39, 0.29) is 25.8 Å². The van der Waals surface area contributed by atoms with Crippen molar-refractivity contribution in [1.29, 1.82) is 0 Å². The average Bonchev–Trinajstić information content (AvgIpc) is 1.76. The van der Waals surface area contributed by atoms with Crippen LogP contribution >= 0.6 is 11.8 Å². The molecule has 1 aliphatic rings. The second-order valence-corrected chi connectivity index (χ2v) is 1.83. The van der Waals surface area contributed by atoms with Gasteiger partial charge in [-0.2, -0.15) is 0 Å². The molecule has 0 amide bonds. The van der Waals surface area contributed by atoms with Gasteiger partial charge in [0.25, 0.3) is 0 Å². The SMILES string of the molecule is C1=NCCS1.[Sc]. The summed E-state index contributed by atoms with van der Waals surface area (Å²) in [7, 11) is 0. The van der Waals surface area contributed by atoms with Gasteiger partial charge in [0.1, 0.15) is 0 Å². The molecule has 0 N–H and O–H groups in total. The average molecular weight is 132 g/mol. The van der Waals surface area contributed by atoms with Gasteiger partial charge in [0.05, 0.1) is 5.55 Å². The van der Waals surface area contributed by atoms with Gasteiger partial charge in [-0.25, -0.2) is 0 Å². The summed E-state index contributed by atoms with van der Waals surface area (Å²) < 4.78 is 0. The molecule has 1 radical (unpaired) electrons. The number of rotatable bonds is 0. The maximum atomic E-state index is 3.92. The molecule has 0 unspecified atom stereocenters. The summed E-state index contributed by atoms with van der Waals surface area (Å²) in [5.74, 6) is 1.19. The third-order valence-electron chi connectivity index (χ3n) is 0.487. The van der Waals surface area contributed by atoms with Gasteiger partial charge in [0, 0.05) is 38.1 Å². The molecule has 31 valence electrons. The smallest absolute Gasteiger partial charge is 0.0542 e. The van der Waals surface area contributed by atoms with Crippen LogP contribution in [0.25, 0.3) is 0 Å². The molecule has 0 aromatic carbocycles. The Morgan fingerprint density at radius 2 is 2.50 bits per heavy atom. The van der Waals surface area contributed by atoms with Crippen molar-refractivity contribution < 1.29 is 25.8 Å². The monoisotopic (exact) mass is 132 g/mol. The largest absolute Gasteiger partial charge is 0.285 e. The fourth-order valence-corrected chi connectivity index (χ4v) is 0.791. The van der Waals surface area contributed by atoms with E-state index in [1.807, 2.05) is 5.55 Å². The molecule has 1 nitrogen and oxygen atoms in total. The molecule has 1 rings (SSSR count). The Kier molecular flexibility index (Phi) is 4.66. The Bertz CT molecular complexity index is 48.8. The van der Waals surface area contributed by atoms with E-state index in [4.69, 9.17) is 0 Å². The molecule has 0 bridgehead atoms. The summed E-state index contributed by atoms with van der Waals surface area (Å²) in [5.41, 5.74) is 1.90. The van der Waals surface area contributed by atoms with E-state index in [1.165, 1.54) is 5.75 Å². The van der Waals surface area contributed by atoms with Crippen molar-refractivity contribution in [3.05, 3.63) is 0 Å². The third-order valence-corrected chi connectivity index (χ3v) is 1.20. The summed E-state index contributed by atoms with van der Waals surface area (Å²) in [6.07, 6.45) is 0. The van der Waals surface area contributed by atoms with E-state index < -0.39 is 0 Å². The van der Waals surface area contributed by atoms with Crippen LogP contribution in [0.5, 0.6) is 0 Å². The minimum absolute atomic E-state index is 0. The molecule has 0 fully saturated rings. The van der Waals surface area contributed by atoms with Gasteiger partial charge >= 0.3 is 0 Å². The molecule has 1 heterocycles. The Balaban J connectivity index is 0.000000250. The Labute approximate surface area is 60.4 Å². The molecule has 0 aliphatic carbocycles. The molecule has 0 aromatic heterocycles. The number of hydrogen-bond acceptors (Lipinski definition) is 2. The summed E-state index contributed by atoms with van der Waals surface area (Å²) >= 11 is 1.78. The normalized spacial score (nSPS) is 17.3. The zero-order valence-corrected chi connectivity index (χ0v) is 6.04. The fourth-order valence-electron chi connectivity index (χ4n) is 0.264. The van der Waals surface area contributed by atoms with Gasteiger partial charge in [-0.05, 0) is 0 Å². The van der Waals surface area contributed by atoms with Crippen molar-refractivity contribution >= 4 is 17.3 Å². The van der Waals surface area contributed by atoms with Crippen molar-refractivity contribution in [2.45, 2.75) is 0 Å². The van der Waals surface area contributed by atoms with Crippen LogP contribution in [0.3, 0.4) is 0 Å². The van der Waals surface area contributed by atoms with Crippen LogP contribution in [0, 0.1) is 0 Å². The summed E-state index contributed by atoms with van der Waals surface area (Å²) in [4.78, 5) is 3.92. The summed E-state index contributed by atoms with van der Waals surface area (Å²) in [5, 5.41) is 0. The summed E-state index contributed by atoms with van der Waals surface area (Å²) in [6.45, 7) is 1.03.